The topological polar surface area (TPSA) is 49.4 Å². The highest BCUT2D eigenvalue weighted by atomic mass is 16.5. The molecule has 0 spiro atoms. The summed E-state index contributed by atoms with van der Waals surface area (Å²) in [7, 11) is 1.36. The quantitative estimate of drug-likeness (QED) is 0.327. The molecule has 0 unspecified atom stereocenters. The van der Waals surface area contributed by atoms with Crippen LogP contribution in [-0.4, -0.2) is 13.1 Å². The minimum atomic E-state index is -1.25. The van der Waals surface area contributed by atoms with Crippen molar-refractivity contribution in [1.29, 1.82) is 0 Å². The van der Waals surface area contributed by atoms with Crippen LogP contribution in [0.3, 0.4) is 0 Å². The molecule has 0 fully saturated rings. The molecule has 40 valence electrons. The van der Waals surface area contributed by atoms with Gasteiger partial charge in [0.1, 0.15) is 0 Å². The number of rotatable bonds is 2. The molecule has 0 rings (SSSR count). The number of hydrogen-bond donors (Lipinski definition) is 0. The molecule has 0 saturated heterocycles. The Morgan fingerprint density at radius 1 is 1.86 bits per heavy atom. The number of carboxylic acids is 1. The van der Waals surface area contributed by atoms with E-state index in [1.165, 1.54) is 7.11 Å². The third kappa shape index (κ3) is 5.01. The molecule has 0 aromatic heterocycles. The van der Waals surface area contributed by atoms with Gasteiger partial charge < -0.3 is 14.6 Å². The number of hydrogen-bond acceptors (Lipinski definition) is 3. The molecule has 7 heavy (non-hydrogen) atoms. The zero-order valence-electron chi connectivity index (χ0n) is 3.88. The van der Waals surface area contributed by atoms with Crippen LogP contribution in [0.2, 0.25) is 0 Å². The molecule has 0 aliphatic heterocycles. The smallest absolute Gasteiger partial charge is 0.0842 e. The van der Waals surface area contributed by atoms with Crippen LogP contribution < -0.4 is 5.11 Å². The van der Waals surface area contributed by atoms with E-state index in [4.69, 9.17) is 0 Å². The molecular weight excluding hydrogens is 96.0 g/mol. The Kier molecular flexibility index (Phi) is 2.76. The average Bonchev–Trinajstić information content (AvgIpc) is 1.61. The predicted octanol–water partition coefficient (Wildman–Crippen LogP) is -1.10. The van der Waals surface area contributed by atoms with Crippen LogP contribution in [0.15, 0.2) is 12.3 Å². The van der Waals surface area contributed by atoms with Crippen molar-refractivity contribution in [2.24, 2.45) is 0 Å². The van der Waals surface area contributed by atoms with Crippen molar-refractivity contribution in [3.8, 4) is 0 Å². The fourth-order valence-electron chi connectivity index (χ4n) is 0.124. The summed E-state index contributed by atoms with van der Waals surface area (Å²) < 4.78 is 4.25. The van der Waals surface area contributed by atoms with E-state index < -0.39 is 5.97 Å². The van der Waals surface area contributed by atoms with Gasteiger partial charge in [-0.25, -0.2) is 0 Å². The van der Waals surface area contributed by atoms with E-state index >= 15 is 0 Å². The number of methoxy groups -OCH3 is 1. The van der Waals surface area contributed by atoms with Gasteiger partial charge in [0.2, 0.25) is 0 Å². The van der Waals surface area contributed by atoms with Crippen LogP contribution in [0.5, 0.6) is 0 Å². The molecule has 3 heteroatoms. The van der Waals surface area contributed by atoms with Crippen LogP contribution in [0.4, 0.5) is 0 Å². The summed E-state index contributed by atoms with van der Waals surface area (Å²) in [4.78, 5) is 9.48. The van der Waals surface area contributed by atoms with E-state index in [-0.39, 0.29) is 0 Å². The summed E-state index contributed by atoms with van der Waals surface area (Å²) in [5.41, 5.74) is 0. The van der Waals surface area contributed by atoms with Crippen LogP contribution in [0.1, 0.15) is 0 Å². The van der Waals surface area contributed by atoms with Crippen LogP contribution >= 0.6 is 0 Å². The molecule has 0 atom stereocenters. The van der Waals surface area contributed by atoms with Gasteiger partial charge in [-0.2, -0.15) is 0 Å². The van der Waals surface area contributed by atoms with E-state index in [2.05, 4.69) is 4.74 Å². The van der Waals surface area contributed by atoms with E-state index in [9.17, 15) is 9.90 Å². The van der Waals surface area contributed by atoms with Gasteiger partial charge in [-0.3, -0.25) is 0 Å². The summed E-state index contributed by atoms with van der Waals surface area (Å²) in [6, 6.07) is 0. The maximum atomic E-state index is 9.48. The van der Waals surface area contributed by atoms with E-state index in [1.54, 1.807) is 0 Å². The number of carbonyl (C=O) groups is 1. The Morgan fingerprint density at radius 3 is 2.57 bits per heavy atom. The normalized spacial score (nSPS) is 9.29. The molecular formula is C4H5O3-. The van der Waals surface area contributed by atoms with Gasteiger partial charge in [0.05, 0.1) is 19.3 Å². The van der Waals surface area contributed by atoms with Gasteiger partial charge in [0.15, 0.2) is 0 Å². The number of carboxylic acid groups (broad SMARTS) is 1. The highest BCUT2D eigenvalue weighted by Crippen LogP contribution is 1.66. The van der Waals surface area contributed by atoms with Crippen molar-refractivity contribution in [3.63, 3.8) is 0 Å². The molecule has 0 saturated carbocycles. The molecule has 0 aromatic rings. The van der Waals surface area contributed by atoms with E-state index in [0.717, 1.165) is 12.3 Å². The van der Waals surface area contributed by atoms with Crippen molar-refractivity contribution < 1.29 is 14.6 Å². The van der Waals surface area contributed by atoms with Crippen molar-refractivity contribution >= 4 is 5.97 Å². The van der Waals surface area contributed by atoms with Gasteiger partial charge in [-0.15, -0.1) is 0 Å². The minimum absolute atomic E-state index is 0.806. The summed E-state index contributed by atoms with van der Waals surface area (Å²) in [6.45, 7) is 0. The molecule has 0 radical (unpaired) electrons. The SMILES string of the molecule is CO/C=C/C(=O)[O-]. The Labute approximate surface area is 41.2 Å². The molecule has 0 amide bonds. The predicted molar refractivity (Wildman–Crippen MR) is 21.2 cm³/mol. The Balaban J connectivity index is 3.26. The second kappa shape index (κ2) is 3.21. The Hall–Kier alpha value is -0.990. The van der Waals surface area contributed by atoms with Crippen LogP contribution in [0.25, 0.3) is 0 Å². The fourth-order valence-corrected chi connectivity index (χ4v) is 0.124. The largest absolute Gasteiger partial charge is 0.545 e. The molecule has 0 aliphatic carbocycles. The van der Waals surface area contributed by atoms with Crippen molar-refractivity contribution in [2.75, 3.05) is 7.11 Å². The van der Waals surface area contributed by atoms with Gasteiger partial charge in [-0.1, -0.05) is 0 Å². The minimum Gasteiger partial charge on any atom is -0.545 e. The summed E-state index contributed by atoms with van der Waals surface area (Å²) in [5.74, 6) is -1.25. The van der Waals surface area contributed by atoms with Gasteiger partial charge in [0.25, 0.3) is 0 Å². The summed E-state index contributed by atoms with van der Waals surface area (Å²) in [6.07, 6.45) is 1.84. The van der Waals surface area contributed by atoms with Crippen molar-refractivity contribution in [2.45, 2.75) is 0 Å². The average molecular weight is 101 g/mol. The third-order valence-electron chi connectivity index (χ3n) is 0.340. The van der Waals surface area contributed by atoms with Crippen molar-refractivity contribution in [1.82, 2.24) is 0 Å². The lowest BCUT2D eigenvalue weighted by Crippen LogP contribution is -2.18. The molecule has 0 N–H and O–H groups in total. The van der Waals surface area contributed by atoms with Gasteiger partial charge in [-0.05, 0) is 6.08 Å². The Bertz CT molecular complexity index is 84.9. The highest BCUT2D eigenvalue weighted by molar-refractivity contribution is 5.77. The zero-order valence-corrected chi connectivity index (χ0v) is 3.88. The maximum Gasteiger partial charge on any atom is 0.0842 e. The monoisotopic (exact) mass is 101 g/mol. The van der Waals surface area contributed by atoms with E-state index in [1.807, 2.05) is 0 Å². The first kappa shape index (κ1) is 6.01. The first-order valence-electron chi connectivity index (χ1n) is 1.67. The van der Waals surface area contributed by atoms with Crippen LogP contribution in [0, 0.1) is 0 Å². The Morgan fingerprint density at radius 2 is 2.43 bits per heavy atom. The first-order valence-corrected chi connectivity index (χ1v) is 1.67. The zero-order chi connectivity index (χ0) is 5.70. The molecule has 0 aliphatic rings. The number of aliphatic carboxylic acids is 1. The number of carbonyl (C=O) groups excluding carboxylic acids is 1. The maximum absolute atomic E-state index is 9.48. The standard InChI is InChI=1S/C4H6O3/c1-7-3-2-4(5)6/h2-3H,1H3,(H,5,6)/p-1/b3-2+. The molecule has 0 aromatic carbocycles. The fraction of sp³-hybridized carbons (Fsp3) is 0.250. The lowest BCUT2D eigenvalue weighted by Gasteiger charge is -1.87. The number of ether oxygens (including phenoxy) is 1. The van der Waals surface area contributed by atoms with Crippen LogP contribution in [-0.2, 0) is 9.53 Å². The lowest BCUT2D eigenvalue weighted by molar-refractivity contribution is -0.297. The summed E-state index contributed by atoms with van der Waals surface area (Å²) in [5, 5.41) is 9.48. The highest BCUT2D eigenvalue weighted by Gasteiger charge is 1.66. The third-order valence-corrected chi connectivity index (χ3v) is 0.340. The second-order valence-corrected chi connectivity index (χ2v) is 0.857. The van der Waals surface area contributed by atoms with Crippen molar-refractivity contribution in [3.05, 3.63) is 12.3 Å². The second-order valence-electron chi connectivity index (χ2n) is 0.857. The van der Waals surface area contributed by atoms with E-state index in [0.29, 0.717) is 0 Å². The lowest BCUT2D eigenvalue weighted by atomic mass is 10.7. The van der Waals surface area contributed by atoms with Gasteiger partial charge >= 0.3 is 0 Å². The van der Waals surface area contributed by atoms with Gasteiger partial charge in [0, 0.05) is 0 Å². The molecule has 0 heterocycles. The summed E-state index contributed by atoms with van der Waals surface area (Å²) >= 11 is 0. The first-order chi connectivity index (χ1) is 3.27. The molecule has 3 nitrogen and oxygen atoms in total. The molecule has 0 bridgehead atoms.